The zero-order chi connectivity index (χ0) is 18.3. The summed E-state index contributed by atoms with van der Waals surface area (Å²) in [4.78, 5) is 23.7. The number of halogens is 1. The maximum atomic E-state index is 12.5. The second-order valence-corrected chi connectivity index (χ2v) is 6.96. The van der Waals surface area contributed by atoms with E-state index >= 15 is 0 Å². The number of hydrogen-bond donors (Lipinski definition) is 1. The first kappa shape index (κ1) is 20.2. The Morgan fingerprint density at radius 1 is 1.33 bits per heavy atom. The van der Waals surface area contributed by atoms with E-state index in [1.54, 1.807) is 19.9 Å². The number of benzene rings is 1. The zero-order valence-electron chi connectivity index (χ0n) is 14.7. The highest BCUT2D eigenvalue weighted by Crippen LogP contribution is 2.22. The summed E-state index contributed by atoms with van der Waals surface area (Å²) < 4.78 is 11.3. The summed E-state index contributed by atoms with van der Waals surface area (Å²) in [7, 11) is 1.30. The third-order valence-electron chi connectivity index (χ3n) is 3.24. The lowest BCUT2D eigenvalue weighted by atomic mass is 10.0. The van der Waals surface area contributed by atoms with Gasteiger partial charge < -0.3 is 14.8 Å². The highest BCUT2D eigenvalue weighted by molar-refractivity contribution is 9.10. The van der Waals surface area contributed by atoms with Gasteiger partial charge in [0, 0.05) is 10.5 Å². The molecule has 6 heteroatoms. The van der Waals surface area contributed by atoms with Crippen LogP contribution in [0.3, 0.4) is 0 Å². The monoisotopic (exact) mass is 397 g/mol. The molecule has 1 aromatic rings. The van der Waals surface area contributed by atoms with Crippen molar-refractivity contribution in [2.24, 2.45) is 0 Å². The zero-order valence-corrected chi connectivity index (χ0v) is 16.3. The summed E-state index contributed by atoms with van der Waals surface area (Å²) in [6.45, 7) is 7.42. The summed E-state index contributed by atoms with van der Waals surface area (Å²) in [5.41, 5.74) is 0.339. The van der Waals surface area contributed by atoms with Gasteiger partial charge >= 0.3 is 5.97 Å². The largest absolute Gasteiger partial charge is 0.481 e. The summed E-state index contributed by atoms with van der Waals surface area (Å²) in [5, 5.41) is 2.87. The molecule has 24 heavy (non-hydrogen) atoms. The Bertz CT molecular complexity index is 605. The fourth-order valence-electron chi connectivity index (χ4n) is 2.04. The molecule has 1 unspecified atom stereocenters. The van der Waals surface area contributed by atoms with Crippen molar-refractivity contribution in [1.29, 1.82) is 0 Å². The highest BCUT2D eigenvalue weighted by atomic mass is 79.9. The second kappa shape index (κ2) is 8.87. The van der Waals surface area contributed by atoms with Crippen LogP contribution in [-0.2, 0) is 14.3 Å². The van der Waals surface area contributed by atoms with Crippen LogP contribution in [0.5, 0.6) is 5.75 Å². The van der Waals surface area contributed by atoms with Gasteiger partial charge in [0.05, 0.1) is 12.6 Å². The molecule has 1 atom stereocenters. The molecule has 0 aliphatic heterocycles. The fraction of sp³-hybridized carbons (Fsp3) is 0.444. The van der Waals surface area contributed by atoms with E-state index in [2.05, 4.69) is 26.0 Å². The lowest BCUT2D eigenvalue weighted by molar-refractivity contribution is -0.135. The lowest BCUT2D eigenvalue weighted by Crippen LogP contribution is -2.48. The average molecular weight is 398 g/mol. The van der Waals surface area contributed by atoms with Crippen molar-refractivity contribution in [2.75, 3.05) is 7.11 Å². The Morgan fingerprint density at radius 3 is 2.54 bits per heavy atom. The number of aryl methyl sites for hydroxylation is 1. The fourth-order valence-corrected chi connectivity index (χ4v) is 2.63. The number of carbonyl (C=O) groups is 2. The Hall–Kier alpha value is -1.82. The van der Waals surface area contributed by atoms with Gasteiger partial charge in [0.15, 0.2) is 6.10 Å². The number of ether oxygens (including phenoxy) is 2. The molecular formula is C18H24BrNO4. The van der Waals surface area contributed by atoms with E-state index in [1.165, 1.54) is 13.2 Å². The van der Waals surface area contributed by atoms with Gasteiger partial charge in [0.2, 0.25) is 0 Å². The van der Waals surface area contributed by atoms with Gasteiger partial charge in [-0.15, -0.1) is 0 Å². The highest BCUT2D eigenvalue weighted by Gasteiger charge is 2.24. The molecule has 0 heterocycles. The minimum absolute atomic E-state index is 0.241. The van der Waals surface area contributed by atoms with Crippen LogP contribution in [0.2, 0.25) is 0 Å². The summed E-state index contributed by atoms with van der Waals surface area (Å²) in [6.07, 6.45) is 2.78. The number of carbonyl (C=O) groups excluding carboxylic acids is 2. The topological polar surface area (TPSA) is 64.6 Å². The molecule has 1 aromatic carbocycles. The number of rotatable bonds is 7. The number of nitrogens with one attached hydrogen (secondary N) is 1. The van der Waals surface area contributed by atoms with Crippen LogP contribution >= 0.6 is 15.9 Å². The molecule has 0 fully saturated rings. The van der Waals surface area contributed by atoms with Gasteiger partial charge in [-0.25, -0.2) is 4.79 Å². The minimum Gasteiger partial charge on any atom is -0.481 e. The molecule has 0 spiro atoms. The summed E-state index contributed by atoms with van der Waals surface area (Å²) in [6, 6.07) is 5.67. The van der Waals surface area contributed by atoms with Gasteiger partial charge in [-0.05, 0) is 51.0 Å². The van der Waals surface area contributed by atoms with Gasteiger partial charge in [-0.1, -0.05) is 28.9 Å². The average Bonchev–Trinajstić information content (AvgIpc) is 2.48. The molecule has 1 N–H and O–H groups in total. The molecule has 0 radical (unpaired) electrons. The molecule has 5 nitrogen and oxygen atoms in total. The summed E-state index contributed by atoms with van der Waals surface area (Å²) in [5.74, 6) is -0.0772. The van der Waals surface area contributed by atoms with E-state index in [4.69, 9.17) is 4.74 Å². The van der Waals surface area contributed by atoms with Gasteiger partial charge in [-0.2, -0.15) is 0 Å². The number of esters is 1. The first-order valence-corrected chi connectivity index (χ1v) is 8.49. The number of amides is 1. The van der Waals surface area contributed by atoms with E-state index in [0.717, 1.165) is 10.0 Å². The Balaban J connectivity index is 2.79. The Labute approximate surface area is 151 Å². The van der Waals surface area contributed by atoms with Crippen molar-refractivity contribution in [3.63, 3.8) is 0 Å². The minimum atomic E-state index is -0.699. The van der Waals surface area contributed by atoms with Crippen molar-refractivity contribution in [1.82, 2.24) is 5.32 Å². The van der Waals surface area contributed by atoms with Crippen molar-refractivity contribution >= 4 is 27.8 Å². The molecule has 0 aromatic heterocycles. The summed E-state index contributed by atoms with van der Waals surface area (Å²) >= 11 is 3.42. The lowest BCUT2D eigenvalue weighted by Gasteiger charge is -2.26. The van der Waals surface area contributed by atoms with E-state index in [0.29, 0.717) is 12.2 Å². The van der Waals surface area contributed by atoms with Crippen LogP contribution in [0.1, 0.15) is 32.8 Å². The molecular weight excluding hydrogens is 374 g/mol. The molecule has 0 bridgehead atoms. The van der Waals surface area contributed by atoms with Gasteiger partial charge in [0.25, 0.3) is 5.91 Å². The molecule has 1 rings (SSSR count). The normalized spacial score (nSPS) is 12.8. The molecule has 0 saturated heterocycles. The first-order valence-electron chi connectivity index (χ1n) is 7.70. The molecule has 0 saturated carbocycles. The second-order valence-electron chi connectivity index (χ2n) is 6.05. The van der Waals surface area contributed by atoms with Crippen molar-refractivity contribution in [3.8, 4) is 5.75 Å². The van der Waals surface area contributed by atoms with E-state index in [-0.39, 0.29) is 5.91 Å². The van der Waals surface area contributed by atoms with E-state index in [9.17, 15) is 9.59 Å². The molecule has 1 amide bonds. The standard InChI is InChI=1S/C18H24BrNO4/c1-6-15(24-14-10-12(2)9-13(19)11-14)17(22)20-18(3,4)8-7-16(21)23-5/h7-11,15H,6H2,1-5H3,(H,20,22)/b8-7+. The van der Waals surface area contributed by atoms with Gasteiger partial charge in [-0.3, -0.25) is 4.79 Å². The van der Waals surface area contributed by atoms with E-state index in [1.807, 2.05) is 32.0 Å². The Kier molecular flexibility index (Phi) is 7.48. The molecule has 0 aliphatic carbocycles. The van der Waals surface area contributed by atoms with Crippen LogP contribution in [0.25, 0.3) is 0 Å². The van der Waals surface area contributed by atoms with Crippen molar-refractivity contribution in [3.05, 3.63) is 40.4 Å². The Morgan fingerprint density at radius 2 is 2.00 bits per heavy atom. The molecule has 0 aliphatic rings. The molecule has 132 valence electrons. The first-order chi connectivity index (χ1) is 11.2. The maximum absolute atomic E-state index is 12.5. The van der Waals surface area contributed by atoms with Crippen LogP contribution in [0.4, 0.5) is 0 Å². The van der Waals surface area contributed by atoms with Crippen LogP contribution in [-0.4, -0.2) is 30.6 Å². The maximum Gasteiger partial charge on any atom is 0.330 e. The van der Waals surface area contributed by atoms with Crippen LogP contribution < -0.4 is 10.1 Å². The predicted molar refractivity (Wildman–Crippen MR) is 97.0 cm³/mol. The van der Waals surface area contributed by atoms with Gasteiger partial charge in [0.1, 0.15) is 5.75 Å². The number of hydrogen-bond acceptors (Lipinski definition) is 4. The van der Waals surface area contributed by atoms with Crippen LogP contribution in [0, 0.1) is 6.92 Å². The van der Waals surface area contributed by atoms with E-state index < -0.39 is 17.6 Å². The third kappa shape index (κ3) is 6.74. The van der Waals surface area contributed by atoms with Crippen LogP contribution in [0.15, 0.2) is 34.8 Å². The predicted octanol–water partition coefficient (Wildman–Crippen LogP) is 3.54. The SMILES string of the molecule is CCC(Oc1cc(C)cc(Br)c1)C(=O)NC(C)(C)/C=C/C(=O)OC. The third-order valence-corrected chi connectivity index (χ3v) is 3.70. The van der Waals surface area contributed by atoms with Crippen molar-refractivity contribution < 1.29 is 19.1 Å². The quantitative estimate of drug-likeness (QED) is 0.564. The van der Waals surface area contributed by atoms with Crippen molar-refractivity contribution in [2.45, 2.75) is 45.8 Å². The smallest absolute Gasteiger partial charge is 0.330 e. The number of methoxy groups -OCH3 is 1.